The van der Waals surface area contributed by atoms with Gasteiger partial charge >= 0.3 is 0 Å². The first-order valence-electron chi connectivity index (χ1n) is 6.44. The Morgan fingerprint density at radius 1 is 1.45 bits per heavy atom. The molecule has 1 aliphatic heterocycles. The predicted octanol–water partition coefficient (Wildman–Crippen LogP) is 1.81. The summed E-state index contributed by atoms with van der Waals surface area (Å²) in [7, 11) is 0. The maximum Gasteiger partial charge on any atom is 0.125 e. The van der Waals surface area contributed by atoms with E-state index in [1.165, 1.54) is 6.33 Å². The summed E-state index contributed by atoms with van der Waals surface area (Å²) in [5, 5.41) is 0.725. The van der Waals surface area contributed by atoms with Gasteiger partial charge in [0.1, 0.15) is 12.1 Å². The van der Waals surface area contributed by atoms with E-state index in [4.69, 9.17) is 22.2 Å². The standard InChI is InChI=1S/C14H15ClN4O/c15-11-5-9-2-4-20-14(9)10(6-11)7-13(19-16)12-1-3-17-8-18-12/h1,3,5-6,8,13,19H,2,4,7,16H2. The number of nitrogens with zero attached hydrogens (tertiary/aromatic N) is 2. The van der Waals surface area contributed by atoms with Crippen LogP contribution in [0.15, 0.2) is 30.7 Å². The quantitative estimate of drug-likeness (QED) is 0.664. The smallest absolute Gasteiger partial charge is 0.125 e. The molecule has 2 aromatic rings. The van der Waals surface area contributed by atoms with Crippen LogP contribution in [0, 0.1) is 0 Å². The highest BCUT2D eigenvalue weighted by Crippen LogP contribution is 2.34. The normalized spacial score (nSPS) is 14.7. The summed E-state index contributed by atoms with van der Waals surface area (Å²) in [4.78, 5) is 8.15. The molecule has 0 saturated carbocycles. The Morgan fingerprint density at radius 2 is 2.35 bits per heavy atom. The summed E-state index contributed by atoms with van der Waals surface area (Å²) in [6.45, 7) is 0.705. The van der Waals surface area contributed by atoms with E-state index in [-0.39, 0.29) is 6.04 Å². The topological polar surface area (TPSA) is 73.1 Å². The van der Waals surface area contributed by atoms with Crippen molar-refractivity contribution in [3.05, 3.63) is 52.6 Å². The first kappa shape index (κ1) is 13.3. The van der Waals surface area contributed by atoms with Gasteiger partial charge in [0.05, 0.1) is 18.3 Å². The lowest BCUT2D eigenvalue weighted by Crippen LogP contribution is -2.30. The number of aromatic nitrogens is 2. The van der Waals surface area contributed by atoms with Crippen LogP contribution in [0.5, 0.6) is 5.75 Å². The van der Waals surface area contributed by atoms with Crippen molar-refractivity contribution in [2.75, 3.05) is 6.61 Å². The number of nitrogens with two attached hydrogens (primary N) is 1. The molecule has 20 heavy (non-hydrogen) atoms. The molecule has 0 fully saturated rings. The third-order valence-corrected chi connectivity index (χ3v) is 3.63. The minimum atomic E-state index is -0.107. The fourth-order valence-electron chi connectivity index (χ4n) is 2.47. The van der Waals surface area contributed by atoms with Crippen LogP contribution in [0.2, 0.25) is 5.02 Å². The van der Waals surface area contributed by atoms with Crippen LogP contribution in [-0.4, -0.2) is 16.6 Å². The number of rotatable bonds is 4. The molecule has 104 valence electrons. The maximum atomic E-state index is 6.17. The van der Waals surface area contributed by atoms with E-state index in [0.29, 0.717) is 13.0 Å². The lowest BCUT2D eigenvalue weighted by molar-refractivity contribution is 0.351. The number of halogens is 1. The average Bonchev–Trinajstić information content (AvgIpc) is 2.93. The number of hydrazine groups is 1. The molecular weight excluding hydrogens is 276 g/mol. The van der Waals surface area contributed by atoms with E-state index >= 15 is 0 Å². The first-order valence-corrected chi connectivity index (χ1v) is 6.82. The second-order valence-electron chi connectivity index (χ2n) is 4.71. The molecule has 6 heteroatoms. The monoisotopic (exact) mass is 290 g/mol. The third kappa shape index (κ3) is 2.60. The summed E-state index contributed by atoms with van der Waals surface area (Å²) in [5.41, 5.74) is 5.84. The van der Waals surface area contributed by atoms with Crippen molar-refractivity contribution >= 4 is 11.6 Å². The summed E-state index contributed by atoms with van der Waals surface area (Å²) in [6.07, 6.45) is 4.78. The van der Waals surface area contributed by atoms with Crippen LogP contribution in [0.1, 0.15) is 22.9 Å². The number of hydrogen-bond donors (Lipinski definition) is 2. The van der Waals surface area contributed by atoms with E-state index in [0.717, 1.165) is 34.0 Å². The molecule has 3 rings (SSSR count). The highest BCUT2D eigenvalue weighted by Gasteiger charge is 2.21. The summed E-state index contributed by atoms with van der Waals surface area (Å²) in [5.74, 6) is 6.59. The van der Waals surface area contributed by atoms with Gasteiger partial charge < -0.3 is 4.74 Å². The number of nitrogens with one attached hydrogen (secondary N) is 1. The fourth-order valence-corrected chi connectivity index (χ4v) is 2.74. The summed E-state index contributed by atoms with van der Waals surface area (Å²) < 4.78 is 5.71. The molecule has 1 unspecified atom stereocenters. The minimum absolute atomic E-state index is 0.107. The fraction of sp³-hybridized carbons (Fsp3) is 0.286. The highest BCUT2D eigenvalue weighted by atomic mass is 35.5. The molecule has 2 heterocycles. The van der Waals surface area contributed by atoms with Gasteiger partial charge in [-0.1, -0.05) is 11.6 Å². The molecule has 3 N–H and O–H groups in total. The zero-order chi connectivity index (χ0) is 13.9. The van der Waals surface area contributed by atoms with Crippen molar-refractivity contribution < 1.29 is 4.74 Å². The molecule has 0 radical (unpaired) electrons. The minimum Gasteiger partial charge on any atom is -0.493 e. The first-order chi connectivity index (χ1) is 9.78. The van der Waals surface area contributed by atoms with Crippen molar-refractivity contribution in [3.63, 3.8) is 0 Å². The predicted molar refractivity (Wildman–Crippen MR) is 76.5 cm³/mol. The molecule has 0 bridgehead atoms. The maximum absolute atomic E-state index is 6.17. The second-order valence-corrected chi connectivity index (χ2v) is 5.15. The molecule has 0 spiro atoms. The lowest BCUT2D eigenvalue weighted by atomic mass is 10.00. The average molecular weight is 291 g/mol. The Labute approximate surface area is 122 Å². The van der Waals surface area contributed by atoms with Gasteiger partial charge in [0.15, 0.2) is 0 Å². The largest absolute Gasteiger partial charge is 0.493 e. The molecule has 1 atom stereocenters. The van der Waals surface area contributed by atoms with Crippen molar-refractivity contribution in [2.45, 2.75) is 18.9 Å². The van der Waals surface area contributed by atoms with Gasteiger partial charge in [-0.15, -0.1) is 0 Å². The van der Waals surface area contributed by atoms with Gasteiger partial charge in [0.25, 0.3) is 0 Å². The molecular formula is C14H15ClN4O. The SMILES string of the molecule is NNC(Cc1cc(Cl)cc2c1OCC2)c1ccncn1. The highest BCUT2D eigenvalue weighted by molar-refractivity contribution is 6.30. The van der Waals surface area contributed by atoms with Crippen LogP contribution in [0.3, 0.4) is 0 Å². The summed E-state index contributed by atoms with van der Waals surface area (Å²) >= 11 is 6.17. The van der Waals surface area contributed by atoms with E-state index in [9.17, 15) is 0 Å². The van der Waals surface area contributed by atoms with Crippen molar-refractivity contribution in [2.24, 2.45) is 5.84 Å². The van der Waals surface area contributed by atoms with E-state index in [1.54, 1.807) is 6.20 Å². The van der Waals surface area contributed by atoms with E-state index in [1.807, 2.05) is 18.2 Å². The van der Waals surface area contributed by atoms with E-state index < -0.39 is 0 Å². The Hall–Kier alpha value is -1.69. The summed E-state index contributed by atoms with van der Waals surface area (Å²) in [6, 6.07) is 5.63. The zero-order valence-corrected chi connectivity index (χ0v) is 11.6. The Balaban J connectivity index is 1.91. The van der Waals surface area contributed by atoms with Gasteiger partial charge in [0, 0.05) is 17.6 Å². The number of ether oxygens (including phenoxy) is 1. The number of hydrogen-bond acceptors (Lipinski definition) is 5. The molecule has 0 amide bonds. The molecule has 1 aromatic heterocycles. The molecule has 1 aromatic carbocycles. The van der Waals surface area contributed by atoms with Gasteiger partial charge in [-0.05, 0) is 35.7 Å². The van der Waals surface area contributed by atoms with Crippen molar-refractivity contribution in [1.29, 1.82) is 0 Å². The van der Waals surface area contributed by atoms with Gasteiger partial charge in [-0.2, -0.15) is 0 Å². The third-order valence-electron chi connectivity index (χ3n) is 3.41. The number of fused-ring (bicyclic) bond motifs is 1. The van der Waals surface area contributed by atoms with Crippen LogP contribution >= 0.6 is 11.6 Å². The van der Waals surface area contributed by atoms with Crippen LogP contribution in [0.25, 0.3) is 0 Å². The van der Waals surface area contributed by atoms with Crippen LogP contribution in [-0.2, 0) is 12.8 Å². The Morgan fingerprint density at radius 3 is 3.10 bits per heavy atom. The van der Waals surface area contributed by atoms with Crippen LogP contribution in [0.4, 0.5) is 0 Å². The molecule has 0 aliphatic carbocycles. The number of benzene rings is 1. The Kier molecular flexibility index (Phi) is 3.82. The van der Waals surface area contributed by atoms with E-state index in [2.05, 4.69) is 15.4 Å². The van der Waals surface area contributed by atoms with Crippen molar-refractivity contribution in [3.8, 4) is 5.75 Å². The van der Waals surface area contributed by atoms with Crippen LogP contribution < -0.4 is 16.0 Å². The second kappa shape index (κ2) is 5.75. The zero-order valence-electron chi connectivity index (χ0n) is 10.8. The lowest BCUT2D eigenvalue weighted by Gasteiger charge is -2.17. The molecule has 5 nitrogen and oxygen atoms in total. The Bertz CT molecular complexity index is 606. The van der Waals surface area contributed by atoms with Gasteiger partial charge in [0.2, 0.25) is 0 Å². The molecule has 1 aliphatic rings. The van der Waals surface area contributed by atoms with Gasteiger partial charge in [-0.3, -0.25) is 11.3 Å². The molecule has 0 saturated heterocycles. The van der Waals surface area contributed by atoms with Gasteiger partial charge in [-0.25, -0.2) is 9.97 Å². The van der Waals surface area contributed by atoms with Crippen molar-refractivity contribution in [1.82, 2.24) is 15.4 Å².